The summed E-state index contributed by atoms with van der Waals surface area (Å²) < 4.78 is 18.8. The van der Waals surface area contributed by atoms with Gasteiger partial charge in [-0.3, -0.25) is 4.90 Å². The van der Waals surface area contributed by atoms with E-state index in [0.717, 1.165) is 0 Å². The molecule has 0 spiro atoms. The van der Waals surface area contributed by atoms with Gasteiger partial charge in [-0.1, -0.05) is 18.2 Å². The zero-order valence-electron chi connectivity index (χ0n) is 14.1. The van der Waals surface area contributed by atoms with Gasteiger partial charge in [-0.2, -0.15) is 0 Å². The lowest BCUT2D eigenvalue weighted by Gasteiger charge is -2.29. The summed E-state index contributed by atoms with van der Waals surface area (Å²) in [6.07, 6.45) is 0. The molecule has 1 aliphatic heterocycles. The third-order valence-corrected chi connectivity index (χ3v) is 3.69. The number of esters is 1. The van der Waals surface area contributed by atoms with Crippen LogP contribution in [0, 0.1) is 5.82 Å². The summed E-state index contributed by atoms with van der Waals surface area (Å²) in [5, 5.41) is 5.30. The molecule has 0 radical (unpaired) electrons. The van der Waals surface area contributed by atoms with Crippen molar-refractivity contribution in [3.05, 3.63) is 46.9 Å². The summed E-state index contributed by atoms with van der Waals surface area (Å²) in [5.41, 5.74) is 1.41. The fourth-order valence-electron chi connectivity index (χ4n) is 2.65. The number of hydrogen-bond acceptors (Lipinski definition) is 4. The Morgan fingerprint density at radius 2 is 2.04 bits per heavy atom. The van der Waals surface area contributed by atoms with Gasteiger partial charge in [0.1, 0.15) is 5.82 Å². The molecule has 0 aromatic heterocycles. The number of likely N-dealkylation sites (N-methyl/N-ethyl adjacent to an activating group) is 1. The van der Waals surface area contributed by atoms with Gasteiger partial charge in [0, 0.05) is 24.4 Å². The van der Waals surface area contributed by atoms with Crippen molar-refractivity contribution in [2.75, 3.05) is 20.2 Å². The highest BCUT2D eigenvalue weighted by Crippen LogP contribution is 2.16. The van der Waals surface area contributed by atoms with Crippen molar-refractivity contribution in [1.29, 1.82) is 0 Å². The van der Waals surface area contributed by atoms with Gasteiger partial charge in [-0.05, 0) is 27.0 Å². The first-order valence-corrected chi connectivity index (χ1v) is 7.82. The number of carbonyl (C=O) groups is 2. The van der Waals surface area contributed by atoms with E-state index in [1.807, 2.05) is 4.90 Å². The Morgan fingerprint density at radius 1 is 1.33 bits per heavy atom. The minimum Gasteiger partial charge on any atom is -0.463 e. The molecular formula is C17H22FN3O3. The summed E-state index contributed by atoms with van der Waals surface area (Å²) in [6.45, 7) is 4.34. The molecule has 1 heterocycles. The van der Waals surface area contributed by atoms with Crippen LogP contribution < -0.4 is 10.6 Å². The van der Waals surface area contributed by atoms with Crippen LogP contribution in [0.1, 0.15) is 19.4 Å². The zero-order chi connectivity index (χ0) is 17.7. The number of nitrogens with zero attached hydrogens (tertiary/aromatic N) is 1. The molecule has 1 aliphatic rings. The van der Waals surface area contributed by atoms with Crippen LogP contribution >= 0.6 is 0 Å². The van der Waals surface area contributed by atoms with Gasteiger partial charge in [-0.25, -0.2) is 14.0 Å². The third-order valence-electron chi connectivity index (χ3n) is 3.69. The van der Waals surface area contributed by atoms with Crippen molar-refractivity contribution in [2.45, 2.75) is 26.4 Å². The first-order chi connectivity index (χ1) is 11.4. The van der Waals surface area contributed by atoms with Crippen molar-refractivity contribution >= 4 is 12.0 Å². The lowest BCUT2D eigenvalue weighted by atomic mass is 10.0. The van der Waals surface area contributed by atoms with E-state index < -0.39 is 12.0 Å². The van der Waals surface area contributed by atoms with Crippen LogP contribution in [0.2, 0.25) is 0 Å². The monoisotopic (exact) mass is 335 g/mol. The fourth-order valence-corrected chi connectivity index (χ4v) is 2.65. The predicted octanol–water partition coefficient (Wildman–Crippen LogP) is 1.78. The molecule has 0 unspecified atom stereocenters. The average molecular weight is 335 g/mol. The normalized spacial score (nSPS) is 17.5. The van der Waals surface area contributed by atoms with Crippen LogP contribution in [-0.2, 0) is 16.1 Å². The molecule has 2 N–H and O–H groups in total. The lowest BCUT2D eigenvalue weighted by Crippen LogP contribution is -2.51. The molecule has 0 bridgehead atoms. The number of hydrogen-bond donors (Lipinski definition) is 2. The number of nitrogens with one attached hydrogen (secondary N) is 2. The van der Waals surface area contributed by atoms with Gasteiger partial charge in [0.05, 0.1) is 18.2 Å². The van der Waals surface area contributed by atoms with E-state index in [-0.39, 0.29) is 18.5 Å². The Hall–Kier alpha value is -2.41. The highest BCUT2D eigenvalue weighted by atomic mass is 19.1. The molecule has 1 atom stereocenters. The van der Waals surface area contributed by atoms with Gasteiger partial charge in [0.25, 0.3) is 0 Å². The second kappa shape index (κ2) is 7.92. The van der Waals surface area contributed by atoms with Crippen molar-refractivity contribution in [2.24, 2.45) is 0 Å². The Balaban J connectivity index is 2.19. The number of ether oxygens (including phenoxy) is 1. The second-order valence-electron chi connectivity index (χ2n) is 5.70. The van der Waals surface area contributed by atoms with Crippen LogP contribution in [-0.4, -0.2) is 43.1 Å². The highest BCUT2D eigenvalue weighted by Gasteiger charge is 2.30. The summed E-state index contributed by atoms with van der Waals surface area (Å²) >= 11 is 0. The molecular weight excluding hydrogens is 313 g/mol. The van der Waals surface area contributed by atoms with Crippen LogP contribution in [0.5, 0.6) is 0 Å². The predicted molar refractivity (Wildman–Crippen MR) is 87.5 cm³/mol. The van der Waals surface area contributed by atoms with Gasteiger partial charge >= 0.3 is 12.0 Å². The maximum Gasteiger partial charge on any atom is 0.337 e. The van der Waals surface area contributed by atoms with E-state index in [0.29, 0.717) is 29.9 Å². The molecule has 1 aromatic rings. The Kier molecular flexibility index (Phi) is 5.92. The summed E-state index contributed by atoms with van der Waals surface area (Å²) in [6, 6.07) is 5.69. The smallest absolute Gasteiger partial charge is 0.337 e. The van der Waals surface area contributed by atoms with Gasteiger partial charge < -0.3 is 15.4 Å². The van der Waals surface area contributed by atoms with Crippen LogP contribution in [0.15, 0.2) is 35.5 Å². The molecule has 0 saturated carbocycles. The van der Waals surface area contributed by atoms with E-state index in [9.17, 15) is 14.0 Å². The number of amides is 2. The van der Waals surface area contributed by atoms with Crippen LogP contribution in [0.25, 0.3) is 0 Å². The third kappa shape index (κ3) is 4.32. The zero-order valence-corrected chi connectivity index (χ0v) is 14.1. The standard InChI is InChI=1S/C17H22FN3O3/c1-4-24-16(22)15-11(2)19-17(23)20-14(15)10-21(3)9-12-7-5-6-8-13(12)18/h5-8,11H,4,9-10H2,1-3H3,(H2,19,20,23)/t11-/m0/s1. The first-order valence-electron chi connectivity index (χ1n) is 7.82. The van der Waals surface area contributed by atoms with Crippen molar-refractivity contribution in [3.8, 4) is 0 Å². The molecule has 130 valence electrons. The first kappa shape index (κ1) is 17.9. The average Bonchev–Trinajstić information content (AvgIpc) is 2.49. The van der Waals surface area contributed by atoms with Gasteiger partial charge in [-0.15, -0.1) is 0 Å². The molecule has 1 aromatic carbocycles. The Morgan fingerprint density at radius 3 is 2.71 bits per heavy atom. The Labute approximate surface area is 140 Å². The lowest BCUT2D eigenvalue weighted by molar-refractivity contribution is -0.139. The largest absolute Gasteiger partial charge is 0.463 e. The molecule has 2 amide bonds. The van der Waals surface area contributed by atoms with E-state index in [1.54, 1.807) is 39.1 Å². The number of carbonyl (C=O) groups excluding carboxylic acids is 2. The SMILES string of the molecule is CCOC(=O)C1=C(CN(C)Cc2ccccc2F)NC(=O)N[C@H]1C. The van der Waals surface area contributed by atoms with E-state index in [4.69, 9.17) is 4.74 Å². The molecule has 0 saturated heterocycles. The number of benzene rings is 1. The maximum atomic E-state index is 13.8. The van der Waals surface area contributed by atoms with Gasteiger partial charge in [0.2, 0.25) is 0 Å². The molecule has 0 fully saturated rings. The maximum absolute atomic E-state index is 13.8. The van der Waals surface area contributed by atoms with E-state index >= 15 is 0 Å². The quantitative estimate of drug-likeness (QED) is 0.778. The van der Waals surface area contributed by atoms with Crippen LogP contribution in [0.4, 0.5) is 9.18 Å². The highest BCUT2D eigenvalue weighted by molar-refractivity contribution is 5.94. The Bertz CT molecular complexity index is 660. The van der Waals surface area contributed by atoms with E-state index in [1.165, 1.54) is 6.07 Å². The molecule has 0 aliphatic carbocycles. The van der Waals surface area contributed by atoms with Crippen LogP contribution in [0.3, 0.4) is 0 Å². The topological polar surface area (TPSA) is 70.7 Å². The number of urea groups is 1. The molecule has 6 nitrogen and oxygen atoms in total. The molecule has 2 rings (SSSR count). The molecule has 24 heavy (non-hydrogen) atoms. The summed E-state index contributed by atoms with van der Waals surface area (Å²) in [5.74, 6) is -0.751. The van der Waals surface area contributed by atoms with Crippen molar-refractivity contribution in [3.63, 3.8) is 0 Å². The van der Waals surface area contributed by atoms with E-state index in [2.05, 4.69) is 10.6 Å². The number of halogens is 1. The van der Waals surface area contributed by atoms with Crippen molar-refractivity contribution < 1.29 is 18.7 Å². The summed E-state index contributed by atoms with van der Waals surface area (Å²) in [7, 11) is 1.79. The minimum atomic E-state index is -0.466. The van der Waals surface area contributed by atoms with Gasteiger partial charge in [0.15, 0.2) is 0 Å². The minimum absolute atomic E-state index is 0.251. The molecule has 7 heteroatoms. The summed E-state index contributed by atoms with van der Waals surface area (Å²) in [4.78, 5) is 25.7. The fraction of sp³-hybridized carbons (Fsp3) is 0.412. The second-order valence-corrected chi connectivity index (χ2v) is 5.70. The number of rotatable bonds is 6. The van der Waals surface area contributed by atoms with Crippen molar-refractivity contribution in [1.82, 2.24) is 15.5 Å².